The van der Waals surface area contributed by atoms with Crippen LogP contribution in [0.3, 0.4) is 0 Å². The molecule has 0 aliphatic rings. The molecule has 0 N–H and O–H groups in total. The summed E-state index contributed by atoms with van der Waals surface area (Å²) in [6, 6.07) is 8.96. The van der Waals surface area contributed by atoms with Crippen molar-refractivity contribution in [2.24, 2.45) is 0 Å². The van der Waals surface area contributed by atoms with Crippen LogP contribution in [0.15, 0.2) is 36.4 Å². The summed E-state index contributed by atoms with van der Waals surface area (Å²) in [5.41, 5.74) is 0.871. The van der Waals surface area contributed by atoms with E-state index in [1.165, 1.54) is 17.4 Å². The van der Waals surface area contributed by atoms with E-state index >= 15 is 0 Å². The van der Waals surface area contributed by atoms with E-state index in [9.17, 15) is 4.79 Å². The van der Waals surface area contributed by atoms with Crippen LogP contribution in [-0.2, 0) is 0 Å². The van der Waals surface area contributed by atoms with E-state index in [1.807, 2.05) is 25.1 Å². The predicted octanol–water partition coefficient (Wildman–Crippen LogP) is 4.70. The van der Waals surface area contributed by atoms with Crippen LogP contribution in [0.25, 0.3) is 6.08 Å². The Morgan fingerprint density at radius 2 is 2.10 bits per heavy atom. The second kappa shape index (κ2) is 7.29. The van der Waals surface area contributed by atoms with Gasteiger partial charge in [-0.2, -0.15) is 0 Å². The van der Waals surface area contributed by atoms with Gasteiger partial charge in [0.1, 0.15) is 0 Å². The highest BCUT2D eigenvalue weighted by atomic mass is 35.5. The normalized spacial score (nSPS) is 10.8. The molecule has 2 aromatic rings. The van der Waals surface area contributed by atoms with Gasteiger partial charge in [-0.25, -0.2) is 0 Å². The van der Waals surface area contributed by atoms with Crippen molar-refractivity contribution in [1.82, 2.24) is 0 Å². The third-order valence-corrected chi connectivity index (χ3v) is 3.98. The molecule has 0 aliphatic heterocycles. The Balaban J connectivity index is 2.17. The molecule has 0 unspecified atom stereocenters. The molecule has 0 radical (unpaired) electrons. The van der Waals surface area contributed by atoms with Gasteiger partial charge >= 0.3 is 0 Å². The highest BCUT2D eigenvalue weighted by Crippen LogP contribution is 2.28. The summed E-state index contributed by atoms with van der Waals surface area (Å²) in [6.45, 7) is 2.46. The highest BCUT2D eigenvalue weighted by Gasteiger charge is 2.06. The molecule has 1 aromatic carbocycles. The molecule has 5 heteroatoms. The van der Waals surface area contributed by atoms with E-state index in [4.69, 9.17) is 21.1 Å². The molecular weight excluding hydrogens is 308 g/mol. The standard InChI is InChI=1S/C16H15ClO3S/c1-3-20-14-10-11(5-7-13(14)19-2)4-6-12(18)15-8-9-16(17)21-15/h4-10H,3H2,1-2H3/b6-4+. The Morgan fingerprint density at radius 3 is 2.71 bits per heavy atom. The first-order chi connectivity index (χ1) is 10.1. The van der Waals surface area contributed by atoms with Crippen LogP contribution >= 0.6 is 22.9 Å². The van der Waals surface area contributed by atoms with Crippen molar-refractivity contribution in [3.63, 3.8) is 0 Å². The average molecular weight is 323 g/mol. The molecule has 0 aliphatic carbocycles. The highest BCUT2D eigenvalue weighted by molar-refractivity contribution is 7.18. The average Bonchev–Trinajstić information content (AvgIpc) is 2.92. The summed E-state index contributed by atoms with van der Waals surface area (Å²) in [4.78, 5) is 12.6. The van der Waals surface area contributed by atoms with Crippen molar-refractivity contribution in [3.8, 4) is 11.5 Å². The lowest BCUT2D eigenvalue weighted by molar-refractivity contribution is 0.105. The zero-order chi connectivity index (χ0) is 15.2. The summed E-state index contributed by atoms with van der Waals surface area (Å²) >= 11 is 7.09. The lowest BCUT2D eigenvalue weighted by Gasteiger charge is -2.09. The third kappa shape index (κ3) is 4.09. The van der Waals surface area contributed by atoms with Gasteiger partial charge in [-0.15, -0.1) is 11.3 Å². The van der Waals surface area contributed by atoms with Crippen LogP contribution < -0.4 is 9.47 Å². The SMILES string of the molecule is CCOc1cc(/C=C/C(=O)c2ccc(Cl)s2)ccc1OC. The Hall–Kier alpha value is -1.78. The number of benzene rings is 1. The Labute approximate surface area is 132 Å². The van der Waals surface area contributed by atoms with Crippen molar-refractivity contribution >= 4 is 34.8 Å². The van der Waals surface area contributed by atoms with Crippen LogP contribution in [0, 0.1) is 0 Å². The van der Waals surface area contributed by atoms with E-state index in [-0.39, 0.29) is 5.78 Å². The fourth-order valence-electron chi connectivity index (χ4n) is 1.77. The maximum atomic E-state index is 12.0. The number of hydrogen-bond donors (Lipinski definition) is 0. The van der Waals surface area contributed by atoms with Crippen molar-refractivity contribution in [2.75, 3.05) is 13.7 Å². The minimum atomic E-state index is -0.0688. The summed E-state index contributed by atoms with van der Waals surface area (Å²) in [5.74, 6) is 1.26. The van der Waals surface area contributed by atoms with E-state index in [0.717, 1.165) is 5.56 Å². The monoisotopic (exact) mass is 322 g/mol. The summed E-state index contributed by atoms with van der Waals surface area (Å²) in [7, 11) is 1.59. The lowest BCUT2D eigenvalue weighted by Crippen LogP contribution is -1.95. The van der Waals surface area contributed by atoms with Crippen molar-refractivity contribution < 1.29 is 14.3 Å². The molecular formula is C16H15ClO3S. The number of allylic oxidation sites excluding steroid dienone is 1. The van der Waals surface area contributed by atoms with E-state index in [0.29, 0.717) is 27.3 Å². The minimum Gasteiger partial charge on any atom is -0.493 e. The molecule has 0 bridgehead atoms. The second-order valence-corrected chi connectivity index (χ2v) is 5.86. The van der Waals surface area contributed by atoms with Crippen LogP contribution in [-0.4, -0.2) is 19.5 Å². The number of methoxy groups -OCH3 is 1. The largest absolute Gasteiger partial charge is 0.493 e. The zero-order valence-corrected chi connectivity index (χ0v) is 13.3. The number of ether oxygens (including phenoxy) is 2. The predicted molar refractivity (Wildman–Crippen MR) is 86.9 cm³/mol. The Bertz CT molecular complexity index is 661. The van der Waals surface area contributed by atoms with Gasteiger partial charge in [0.2, 0.25) is 0 Å². The summed E-state index contributed by atoms with van der Waals surface area (Å²) in [6.07, 6.45) is 3.28. The maximum absolute atomic E-state index is 12.0. The first-order valence-electron chi connectivity index (χ1n) is 6.42. The molecule has 3 nitrogen and oxygen atoms in total. The molecule has 0 saturated carbocycles. The van der Waals surface area contributed by atoms with Gasteiger partial charge in [0, 0.05) is 0 Å². The summed E-state index contributed by atoms with van der Waals surface area (Å²) in [5, 5.41) is 0. The van der Waals surface area contributed by atoms with E-state index in [2.05, 4.69) is 0 Å². The molecule has 0 saturated heterocycles. The van der Waals surface area contributed by atoms with Gasteiger partial charge in [0.15, 0.2) is 17.3 Å². The number of carbonyl (C=O) groups excluding carboxylic acids is 1. The smallest absolute Gasteiger partial charge is 0.195 e. The number of thiophene rings is 1. The van der Waals surface area contributed by atoms with Crippen molar-refractivity contribution in [2.45, 2.75) is 6.92 Å². The molecule has 0 fully saturated rings. The second-order valence-electron chi connectivity index (χ2n) is 4.14. The van der Waals surface area contributed by atoms with Gasteiger partial charge in [-0.05, 0) is 42.8 Å². The van der Waals surface area contributed by atoms with Crippen LogP contribution in [0.1, 0.15) is 22.2 Å². The maximum Gasteiger partial charge on any atom is 0.195 e. The quantitative estimate of drug-likeness (QED) is 0.571. The lowest BCUT2D eigenvalue weighted by atomic mass is 10.1. The number of rotatable bonds is 6. The van der Waals surface area contributed by atoms with Gasteiger partial charge in [0.05, 0.1) is 22.9 Å². The van der Waals surface area contributed by atoms with Crippen LogP contribution in [0.4, 0.5) is 0 Å². The molecule has 0 spiro atoms. The molecule has 21 heavy (non-hydrogen) atoms. The molecule has 0 atom stereocenters. The van der Waals surface area contributed by atoms with Gasteiger partial charge in [-0.1, -0.05) is 23.7 Å². The first-order valence-corrected chi connectivity index (χ1v) is 7.62. The summed E-state index contributed by atoms with van der Waals surface area (Å²) < 4.78 is 11.3. The Kier molecular flexibility index (Phi) is 5.42. The van der Waals surface area contributed by atoms with E-state index < -0.39 is 0 Å². The fraction of sp³-hybridized carbons (Fsp3) is 0.188. The first kappa shape index (κ1) is 15.6. The van der Waals surface area contributed by atoms with Crippen LogP contribution in [0.5, 0.6) is 11.5 Å². The van der Waals surface area contributed by atoms with Gasteiger partial charge < -0.3 is 9.47 Å². The van der Waals surface area contributed by atoms with Crippen LogP contribution in [0.2, 0.25) is 4.34 Å². The van der Waals surface area contributed by atoms with Gasteiger partial charge in [-0.3, -0.25) is 4.79 Å². The minimum absolute atomic E-state index is 0.0688. The van der Waals surface area contributed by atoms with Gasteiger partial charge in [0.25, 0.3) is 0 Å². The third-order valence-electron chi connectivity index (χ3n) is 2.73. The molecule has 0 amide bonds. The number of ketones is 1. The van der Waals surface area contributed by atoms with Crippen molar-refractivity contribution in [1.29, 1.82) is 0 Å². The number of carbonyl (C=O) groups is 1. The molecule has 1 heterocycles. The number of halogens is 1. The molecule has 110 valence electrons. The topological polar surface area (TPSA) is 35.5 Å². The molecule has 1 aromatic heterocycles. The fourth-order valence-corrected chi connectivity index (χ4v) is 2.73. The Morgan fingerprint density at radius 1 is 1.29 bits per heavy atom. The van der Waals surface area contributed by atoms with Crippen molar-refractivity contribution in [3.05, 3.63) is 51.2 Å². The van der Waals surface area contributed by atoms with E-state index in [1.54, 1.807) is 25.3 Å². The zero-order valence-electron chi connectivity index (χ0n) is 11.8. The number of hydrogen-bond acceptors (Lipinski definition) is 4. The molecule has 2 rings (SSSR count).